The van der Waals surface area contributed by atoms with E-state index in [0.717, 1.165) is 38.7 Å². The fourth-order valence-electron chi connectivity index (χ4n) is 5.26. The van der Waals surface area contributed by atoms with Crippen LogP contribution in [0.15, 0.2) is 126 Å². The zero-order valence-corrected chi connectivity index (χ0v) is 25.1. The van der Waals surface area contributed by atoms with E-state index >= 15 is 0 Å². The Bertz CT molecular complexity index is 1960. The molecule has 43 heavy (non-hydrogen) atoms. The SMILES string of the molecule is CC(NCCO)(c1ccc(NS(=O)(=O)c2csc(-c3ccc4ccccc4c3-c3ccccc3)n2)cc1)c1ccccn1. The van der Waals surface area contributed by atoms with E-state index < -0.39 is 15.6 Å². The van der Waals surface area contributed by atoms with Crippen LogP contribution in [-0.4, -0.2) is 36.6 Å². The second-order valence-corrected chi connectivity index (χ2v) is 12.7. The smallest absolute Gasteiger partial charge is 0.280 e. The van der Waals surface area contributed by atoms with Crippen molar-refractivity contribution < 1.29 is 13.5 Å². The molecule has 1 unspecified atom stereocenters. The molecular formula is C34H30N4O3S2. The topological polar surface area (TPSA) is 104 Å². The van der Waals surface area contributed by atoms with E-state index in [0.29, 0.717) is 17.2 Å². The fourth-order valence-corrected chi connectivity index (χ4v) is 7.44. The molecule has 6 aromatic rings. The number of rotatable bonds is 10. The number of hydrogen-bond donors (Lipinski definition) is 3. The predicted octanol–water partition coefficient (Wildman–Crippen LogP) is 6.67. The van der Waals surface area contributed by atoms with Gasteiger partial charge in [0.05, 0.1) is 17.8 Å². The van der Waals surface area contributed by atoms with E-state index in [2.05, 4.69) is 44.3 Å². The zero-order chi connectivity index (χ0) is 29.9. The molecule has 0 fully saturated rings. The summed E-state index contributed by atoms with van der Waals surface area (Å²) >= 11 is 1.30. The maximum atomic E-state index is 13.4. The average molecular weight is 607 g/mol. The van der Waals surface area contributed by atoms with Crippen molar-refractivity contribution in [1.29, 1.82) is 0 Å². The van der Waals surface area contributed by atoms with Gasteiger partial charge in [0.2, 0.25) is 0 Å². The zero-order valence-electron chi connectivity index (χ0n) is 23.4. The van der Waals surface area contributed by atoms with Gasteiger partial charge in [-0.15, -0.1) is 11.3 Å². The lowest BCUT2D eigenvalue weighted by molar-refractivity contribution is 0.271. The molecule has 0 saturated carbocycles. The van der Waals surface area contributed by atoms with E-state index in [1.54, 1.807) is 23.7 Å². The van der Waals surface area contributed by atoms with Gasteiger partial charge in [-0.25, -0.2) is 4.98 Å². The normalized spacial score (nSPS) is 13.1. The molecule has 3 N–H and O–H groups in total. The van der Waals surface area contributed by atoms with Crippen LogP contribution >= 0.6 is 11.3 Å². The number of anilines is 1. The molecule has 0 saturated heterocycles. The molecule has 2 heterocycles. The van der Waals surface area contributed by atoms with Gasteiger partial charge < -0.3 is 10.4 Å². The standard InChI is InChI=1S/C34H30N4O3S2/c1-34(36-21-22-39,30-13-7-8-20-35-30)26-15-17-27(18-16-26)38-43(40,41)31-23-42-33(37-31)29-19-14-24-9-5-6-12-28(24)32(29)25-10-3-2-4-11-25/h2-20,23,36,38-39H,21-22H2,1H3. The molecule has 0 radical (unpaired) electrons. The van der Waals surface area contributed by atoms with Gasteiger partial charge in [-0.3, -0.25) is 9.71 Å². The van der Waals surface area contributed by atoms with E-state index in [1.165, 1.54) is 11.3 Å². The molecule has 1 atom stereocenters. The monoisotopic (exact) mass is 606 g/mol. The molecule has 6 rings (SSSR count). The van der Waals surface area contributed by atoms with Crippen molar-refractivity contribution in [3.8, 4) is 21.7 Å². The van der Waals surface area contributed by atoms with Crippen molar-refractivity contribution in [2.45, 2.75) is 17.5 Å². The van der Waals surface area contributed by atoms with Crippen LogP contribution in [0, 0.1) is 0 Å². The summed E-state index contributed by atoms with van der Waals surface area (Å²) in [4.78, 5) is 9.11. The first-order valence-corrected chi connectivity index (χ1v) is 16.2. The van der Waals surface area contributed by atoms with Crippen LogP contribution in [0.4, 0.5) is 5.69 Å². The van der Waals surface area contributed by atoms with E-state index in [9.17, 15) is 13.5 Å². The van der Waals surface area contributed by atoms with Crippen LogP contribution in [0.2, 0.25) is 0 Å². The average Bonchev–Trinajstić information content (AvgIpc) is 3.56. The minimum absolute atomic E-state index is 0.0258. The number of aromatic nitrogens is 2. The summed E-state index contributed by atoms with van der Waals surface area (Å²) in [5.41, 5.74) is 4.34. The molecule has 0 amide bonds. The highest BCUT2D eigenvalue weighted by atomic mass is 32.2. The first kappa shape index (κ1) is 28.7. The van der Waals surface area contributed by atoms with Gasteiger partial charge in [0.15, 0.2) is 5.03 Å². The summed E-state index contributed by atoms with van der Waals surface area (Å²) in [6, 6.07) is 35.1. The van der Waals surface area contributed by atoms with Crippen LogP contribution in [0.25, 0.3) is 32.5 Å². The lowest BCUT2D eigenvalue weighted by Crippen LogP contribution is -2.42. The summed E-state index contributed by atoms with van der Waals surface area (Å²) in [7, 11) is -3.95. The Labute approximate surface area is 255 Å². The first-order chi connectivity index (χ1) is 20.9. The molecule has 0 aliphatic carbocycles. The minimum atomic E-state index is -3.95. The molecular weight excluding hydrogens is 577 g/mol. The van der Waals surface area contributed by atoms with Gasteiger partial charge in [-0.2, -0.15) is 8.42 Å². The van der Waals surface area contributed by atoms with Crippen molar-refractivity contribution in [2.24, 2.45) is 0 Å². The summed E-state index contributed by atoms with van der Waals surface area (Å²) in [5.74, 6) is 0. The third-order valence-electron chi connectivity index (χ3n) is 7.46. The minimum Gasteiger partial charge on any atom is -0.395 e. The highest BCUT2D eigenvalue weighted by Crippen LogP contribution is 2.40. The number of aliphatic hydroxyl groups is 1. The third-order valence-corrected chi connectivity index (χ3v) is 9.75. The lowest BCUT2D eigenvalue weighted by Gasteiger charge is -2.31. The number of fused-ring (bicyclic) bond motifs is 1. The van der Waals surface area contributed by atoms with E-state index in [1.807, 2.05) is 79.7 Å². The van der Waals surface area contributed by atoms with Crippen molar-refractivity contribution in [1.82, 2.24) is 15.3 Å². The number of nitrogens with one attached hydrogen (secondary N) is 2. The number of thiazole rings is 1. The lowest BCUT2D eigenvalue weighted by atomic mass is 9.88. The summed E-state index contributed by atoms with van der Waals surface area (Å²) in [6.07, 6.45) is 1.72. The Morgan fingerprint density at radius 2 is 1.60 bits per heavy atom. The van der Waals surface area contributed by atoms with Crippen LogP contribution in [-0.2, 0) is 15.6 Å². The second kappa shape index (κ2) is 12.1. The Hall–Kier alpha value is -4.41. The van der Waals surface area contributed by atoms with Gasteiger partial charge in [0, 0.05) is 29.4 Å². The largest absolute Gasteiger partial charge is 0.395 e. The van der Waals surface area contributed by atoms with Crippen molar-refractivity contribution in [2.75, 3.05) is 17.9 Å². The fraction of sp³-hybridized carbons (Fsp3) is 0.118. The molecule has 9 heteroatoms. The van der Waals surface area contributed by atoms with Gasteiger partial charge >= 0.3 is 0 Å². The highest BCUT2D eigenvalue weighted by Gasteiger charge is 2.30. The predicted molar refractivity (Wildman–Crippen MR) is 174 cm³/mol. The Morgan fingerprint density at radius 3 is 2.35 bits per heavy atom. The molecule has 216 valence electrons. The van der Waals surface area contributed by atoms with Crippen LogP contribution in [0.1, 0.15) is 18.2 Å². The van der Waals surface area contributed by atoms with E-state index in [4.69, 9.17) is 0 Å². The number of sulfonamides is 1. The number of benzene rings is 4. The van der Waals surface area contributed by atoms with Crippen molar-refractivity contribution in [3.05, 3.63) is 132 Å². The number of aliphatic hydroxyl groups excluding tert-OH is 1. The number of nitrogens with zero attached hydrogens (tertiary/aromatic N) is 2. The van der Waals surface area contributed by atoms with Crippen molar-refractivity contribution >= 4 is 37.8 Å². The first-order valence-electron chi connectivity index (χ1n) is 13.8. The maximum Gasteiger partial charge on any atom is 0.280 e. The molecule has 2 aromatic heterocycles. The van der Waals surface area contributed by atoms with Gasteiger partial charge in [-0.1, -0.05) is 84.9 Å². The van der Waals surface area contributed by atoms with Gasteiger partial charge in [0.25, 0.3) is 10.0 Å². The molecule has 0 bridgehead atoms. The van der Waals surface area contributed by atoms with Crippen LogP contribution in [0.5, 0.6) is 0 Å². The summed E-state index contributed by atoms with van der Waals surface area (Å²) in [6.45, 7) is 2.33. The van der Waals surface area contributed by atoms with E-state index in [-0.39, 0.29) is 11.6 Å². The molecule has 0 aliphatic heterocycles. The second-order valence-electron chi connectivity index (χ2n) is 10.2. The van der Waals surface area contributed by atoms with Gasteiger partial charge in [-0.05, 0) is 58.7 Å². The quantitative estimate of drug-likeness (QED) is 0.161. The number of pyridine rings is 1. The molecule has 7 nitrogen and oxygen atoms in total. The molecule has 0 spiro atoms. The van der Waals surface area contributed by atoms with Crippen molar-refractivity contribution in [3.63, 3.8) is 0 Å². The maximum absolute atomic E-state index is 13.4. The van der Waals surface area contributed by atoms with Gasteiger partial charge in [0.1, 0.15) is 5.01 Å². The summed E-state index contributed by atoms with van der Waals surface area (Å²) < 4.78 is 29.6. The van der Waals surface area contributed by atoms with Crippen LogP contribution < -0.4 is 10.0 Å². The summed E-state index contributed by atoms with van der Waals surface area (Å²) in [5, 5.41) is 17.1. The Kier molecular flexibility index (Phi) is 8.05. The Balaban J connectivity index is 1.30. The molecule has 0 aliphatic rings. The Morgan fingerprint density at radius 1 is 0.860 bits per heavy atom. The third kappa shape index (κ3) is 5.80. The van der Waals surface area contributed by atoms with Crippen LogP contribution in [0.3, 0.4) is 0 Å². The molecule has 4 aromatic carbocycles. The number of hydrogen-bond acceptors (Lipinski definition) is 7. The highest BCUT2D eigenvalue weighted by molar-refractivity contribution is 7.92.